The third-order valence-electron chi connectivity index (χ3n) is 4.34. The van der Waals surface area contributed by atoms with Crippen LogP contribution in [0.3, 0.4) is 0 Å². The van der Waals surface area contributed by atoms with Gasteiger partial charge in [0.2, 0.25) is 5.91 Å². The first-order chi connectivity index (χ1) is 11.7. The Balaban J connectivity index is 2.19. The highest BCUT2D eigenvalue weighted by atomic mass is 16.7. The minimum absolute atomic E-state index is 0.517. The van der Waals surface area contributed by atoms with Crippen molar-refractivity contribution in [1.82, 2.24) is 5.32 Å². The molecule has 10 atom stereocenters. The highest BCUT2D eigenvalue weighted by molar-refractivity contribution is 5.73. The van der Waals surface area contributed by atoms with Crippen molar-refractivity contribution in [2.24, 2.45) is 0 Å². The molecule has 0 aliphatic carbocycles. The van der Waals surface area contributed by atoms with Crippen LogP contribution in [0.2, 0.25) is 0 Å². The van der Waals surface area contributed by atoms with Gasteiger partial charge in [0.05, 0.1) is 12.7 Å². The van der Waals surface area contributed by atoms with Gasteiger partial charge >= 0.3 is 0 Å². The number of carbonyl (C=O) groups excluding carboxylic acids is 1. The van der Waals surface area contributed by atoms with Gasteiger partial charge in [0.1, 0.15) is 42.7 Å². The van der Waals surface area contributed by atoms with Gasteiger partial charge in [0.25, 0.3) is 0 Å². The van der Waals surface area contributed by atoms with Crippen LogP contribution in [0, 0.1) is 0 Å². The molecule has 2 rings (SSSR count). The summed E-state index contributed by atoms with van der Waals surface area (Å²) in [5.74, 6) is -0.517. The van der Waals surface area contributed by atoms with Gasteiger partial charge in [-0.15, -0.1) is 0 Å². The van der Waals surface area contributed by atoms with E-state index in [-0.39, 0.29) is 0 Å². The number of nitrogens with one attached hydrogen (secondary N) is 1. The summed E-state index contributed by atoms with van der Waals surface area (Å²) in [6.07, 6.45) is -12.5. The highest BCUT2D eigenvalue weighted by Gasteiger charge is 2.50. The van der Waals surface area contributed by atoms with Gasteiger partial charge in [0, 0.05) is 6.92 Å². The van der Waals surface area contributed by atoms with Crippen molar-refractivity contribution in [2.75, 3.05) is 6.61 Å². The minimum atomic E-state index is -1.68. The van der Waals surface area contributed by atoms with E-state index in [1.165, 1.54) is 13.8 Å². The second-order valence-corrected chi connectivity index (χ2v) is 6.25. The summed E-state index contributed by atoms with van der Waals surface area (Å²) in [5, 5.41) is 61.5. The Morgan fingerprint density at radius 3 is 2.24 bits per heavy atom. The van der Waals surface area contributed by atoms with E-state index in [1.54, 1.807) is 0 Å². The van der Waals surface area contributed by atoms with Crippen molar-refractivity contribution < 1.29 is 49.6 Å². The third kappa shape index (κ3) is 4.27. The van der Waals surface area contributed by atoms with Crippen molar-refractivity contribution in [3.63, 3.8) is 0 Å². The lowest BCUT2D eigenvalue weighted by Crippen LogP contribution is -2.66. The first kappa shape index (κ1) is 20.4. The minimum Gasteiger partial charge on any atom is -0.394 e. The number of rotatable bonds is 4. The zero-order valence-electron chi connectivity index (χ0n) is 13.8. The average molecular weight is 367 g/mol. The monoisotopic (exact) mass is 367 g/mol. The van der Waals surface area contributed by atoms with Gasteiger partial charge in [-0.2, -0.15) is 0 Å². The third-order valence-corrected chi connectivity index (χ3v) is 4.34. The summed E-state index contributed by atoms with van der Waals surface area (Å²) >= 11 is 0. The molecule has 7 N–H and O–H groups in total. The summed E-state index contributed by atoms with van der Waals surface area (Å²) in [7, 11) is 0. The molecule has 2 fully saturated rings. The van der Waals surface area contributed by atoms with E-state index >= 15 is 0 Å². The first-order valence-corrected chi connectivity index (χ1v) is 7.92. The fourth-order valence-corrected chi connectivity index (χ4v) is 2.91. The summed E-state index contributed by atoms with van der Waals surface area (Å²) in [6.45, 7) is 2.03. The van der Waals surface area contributed by atoms with Gasteiger partial charge in [0.15, 0.2) is 12.6 Å². The normalized spacial score (nSPS) is 48.2. The molecule has 2 aliphatic rings. The summed E-state index contributed by atoms with van der Waals surface area (Å²) < 4.78 is 15.8. The Morgan fingerprint density at radius 2 is 1.68 bits per heavy atom. The van der Waals surface area contributed by atoms with E-state index in [0.717, 1.165) is 0 Å². The number of ether oxygens (including phenoxy) is 3. The van der Waals surface area contributed by atoms with Gasteiger partial charge in [-0.25, -0.2) is 0 Å². The molecule has 11 heteroatoms. The van der Waals surface area contributed by atoms with Crippen LogP contribution < -0.4 is 5.32 Å². The van der Waals surface area contributed by atoms with E-state index in [1.807, 2.05) is 0 Å². The van der Waals surface area contributed by atoms with Crippen molar-refractivity contribution in [3.05, 3.63) is 0 Å². The van der Waals surface area contributed by atoms with Crippen LogP contribution in [0.4, 0.5) is 0 Å². The molecule has 0 aromatic rings. The van der Waals surface area contributed by atoms with E-state index in [4.69, 9.17) is 14.2 Å². The predicted molar refractivity (Wildman–Crippen MR) is 78.8 cm³/mol. The quantitative estimate of drug-likeness (QED) is 0.257. The summed E-state index contributed by atoms with van der Waals surface area (Å²) in [5.41, 5.74) is 0. The lowest BCUT2D eigenvalue weighted by molar-refractivity contribution is -0.339. The molecule has 11 nitrogen and oxygen atoms in total. The lowest BCUT2D eigenvalue weighted by Gasteiger charge is -2.46. The average Bonchev–Trinajstić information content (AvgIpc) is 2.55. The van der Waals surface area contributed by atoms with E-state index in [0.29, 0.717) is 0 Å². The molecule has 6 unspecified atom stereocenters. The van der Waals surface area contributed by atoms with E-state index in [9.17, 15) is 35.4 Å². The Bertz CT molecular complexity index is 463. The van der Waals surface area contributed by atoms with Crippen LogP contribution in [0.15, 0.2) is 0 Å². The Hall–Kier alpha value is -0.890. The fourth-order valence-electron chi connectivity index (χ4n) is 2.91. The molecule has 0 radical (unpaired) electrons. The zero-order valence-corrected chi connectivity index (χ0v) is 13.8. The number of amides is 1. The molecule has 2 aliphatic heterocycles. The van der Waals surface area contributed by atoms with Crippen LogP contribution in [-0.2, 0) is 19.0 Å². The van der Waals surface area contributed by atoms with Gasteiger partial charge in [-0.1, -0.05) is 0 Å². The van der Waals surface area contributed by atoms with E-state index in [2.05, 4.69) is 5.32 Å². The number of hydrogen-bond acceptors (Lipinski definition) is 10. The molecule has 2 saturated heterocycles. The number of aliphatic hydroxyl groups is 6. The maximum atomic E-state index is 11.3. The maximum Gasteiger partial charge on any atom is 0.217 e. The van der Waals surface area contributed by atoms with Gasteiger partial charge in [-0.3, -0.25) is 4.79 Å². The van der Waals surface area contributed by atoms with Crippen LogP contribution in [0.25, 0.3) is 0 Å². The lowest BCUT2D eigenvalue weighted by atomic mass is 9.96. The molecule has 0 spiro atoms. The Labute approximate surface area is 143 Å². The second kappa shape index (κ2) is 8.20. The number of aliphatic hydroxyl groups excluding tert-OH is 6. The van der Waals surface area contributed by atoms with Crippen molar-refractivity contribution in [1.29, 1.82) is 0 Å². The topological polar surface area (TPSA) is 178 Å². The summed E-state index contributed by atoms with van der Waals surface area (Å²) in [4.78, 5) is 11.3. The Kier molecular flexibility index (Phi) is 6.70. The van der Waals surface area contributed by atoms with Crippen molar-refractivity contribution >= 4 is 5.91 Å². The molecular formula is C14H25NO10. The standard InChI is InChI=1S/C14H25NO10/c1-4-8(18)12(7(13(22)23-4)15-5(2)17)25-14-11(21)10(20)9(19)6(3-16)24-14/h4,6-14,16,18-22H,3H2,1-2H3,(H,15,17)/t4?,6?,7?,8-,9-,10?,11?,12?,13-,14-/m0/s1. The smallest absolute Gasteiger partial charge is 0.217 e. The molecule has 0 saturated carbocycles. The van der Waals surface area contributed by atoms with Crippen LogP contribution in [0.1, 0.15) is 13.8 Å². The highest BCUT2D eigenvalue weighted by Crippen LogP contribution is 2.28. The SMILES string of the molecule is CC(=O)NC1C(O[C@@H]2OC(CO)[C@H](O)C(O)C2O)[C@@H](O)C(C)O[C@@H]1O. The largest absolute Gasteiger partial charge is 0.394 e. The maximum absolute atomic E-state index is 11.3. The molecule has 1 amide bonds. The first-order valence-electron chi connectivity index (χ1n) is 7.92. The molecule has 0 aromatic carbocycles. The van der Waals surface area contributed by atoms with E-state index < -0.39 is 73.9 Å². The molecule has 2 heterocycles. The summed E-state index contributed by atoms with van der Waals surface area (Å²) in [6, 6.07) is -1.17. The molecule has 25 heavy (non-hydrogen) atoms. The molecular weight excluding hydrogens is 342 g/mol. The number of carbonyl (C=O) groups is 1. The Morgan fingerprint density at radius 1 is 1.04 bits per heavy atom. The molecule has 0 aromatic heterocycles. The van der Waals surface area contributed by atoms with Crippen molar-refractivity contribution in [3.8, 4) is 0 Å². The predicted octanol–water partition coefficient (Wildman–Crippen LogP) is -4.23. The van der Waals surface area contributed by atoms with Gasteiger partial charge < -0.3 is 50.2 Å². The van der Waals surface area contributed by atoms with Gasteiger partial charge in [-0.05, 0) is 6.92 Å². The van der Waals surface area contributed by atoms with Crippen LogP contribution in [-0.4, -0.2) is 105 Å². The fraction of sp³-hybridized carbons (Fsp3) is 0.929. The zero-order chi connectivity index (χ0) is 18.9. The van der Waals surface area contributed by atoms with Crippen molar-refractivity contribution in [2.45, 2.75) is 75.2 Å². The molecule has 146 valence electrons. The van der Waals surface area contributed by atoms with Crippen LogP contribution in [0.5, 0.6) is 0 Å². The number of hydrogen-bond donors (Lipinski definition) is 7. The van der Waals surface area contributed by atoms with Crippen LogP contribution >= 0.6 is 0 Å². The second-order valence-electron chi connectivity index (χ2n) is 6.25. The molecule has 0 bridgehead atoms.